The van der Waals surface area contributed by atoms with Crippen molar-refractivity contribution in [1.82, 2.24) is 0 Å². The van der Waals surface area contributed by atoms with Crippen LogP contribution in [0.2, 0.25) is 0 Å². The minimum Gasteiger partial charge on any atom is -0.489 e. The average molecular weight is 535 g/mol. The monoisotopic (exact) mass is 534 g/mol. The van der Waals surface area contributed by atoms with Crippen molar-refractivity contribution < 1.29 is 23.8 Å². The number of ketones is 1. The zero-order valence-corrected chi connectivity index (χ0v) is 22.8. The molecule has 2 atom stereocenters. The van der Waals surface area contributed by atoms with Gasteiger partial charge in [-0.25, -0.2) is 0 Å². The molecule has 5 nitrogen and oxygen atoms in total. The molecule has 0 amide bonds. The summed E-state index contributed by atoms with van der Waals surface area (Å²) in [4.78, 5) is 23.4. The molecule has 0 aliphatic heterocycles. The summed E-state index contributed by atoms with van der Waals surface area (Å²) in [7, 11) is 1.32. The third kappa shape index (κ3) is 6.78. The zero-order valence-electron chi connectivity index (χ0n) is 22.8. The van der Waals surface area contributed by atoms with Crippen LogP contribution >= 0.6 is 0 Å². The Kier molecular flexibility index (Phi) is 8.92. The Morgan fingerprint density at radius 1 is 0.750 bits per heavy atom. The van der Waals surface area contributed by atoms with Crippen LogP contribution < -0.4 is 9.47 Å². The maximum Gasteiger partial charge on any atom is 0.305 e. The molecule has 4 aromatic carbocycles. The Morgan fingerprint density at radius 3 is 2.17 bits per heavy atom. The second-order valence-corrected chi connectivity index (χ2v) is 10.1. The lowest BCUT2D eigenvalue weighted by Gasteiger charge is -2.35. The normalized spacial score (nSPS) is 16.0. The first-order chi connectivity index (χ1) is 19.6. The predicted molar refractivity (Wildman–Crippen MR) is 155 cm³/mol. The van der Waals surface area contributed by atoms with E-state index in [0.717, 1.165) is 24.2 Å². The van der Waals surface area contributed by atoms with Gasteiger partial charge in [0.2, 0.25) is 0 Å². The average Bonchev–Trinajstić information content (AvgIpc) is 3.02. The molecule has 0 radical (unpaired) electrons. The molecule has 0 fully saturated rings. The van der Waals surface area contributed by atoms with Crippen LogP contribution in [0.1, 0.15) is 58.9 Å². The number of carbonyl (C=O) groups excluding carboxylic acids is 2. The van der Waals surface area contributed by atoms with E-state index in [1.165, 1.54) is 29.4 Å². The Hall–Kier alpha value is -4.38. The number of rotatable bonds is 11. The molecule has 1 aliphatic rings. The summed E-state index contributed by atoms with van der Waals surface area (Å²) in [6.07, 6.45) is 2.21. The summed E-state index contributed by atoms with van der Waals surface area (Å²) < 4.78 is 16.5. The highest BCUT2D eigenvalue weighted by molar-refractivity contribution is 5.84. The zero-order chi connectivity index (χ0) is 27.7. The summed E-state index contributed by atoms with van der Waals surface area (Å²) >= 11 is 0. The molecule has 0 bridgehead atoms. The summed E-state index contributed by atoms with van der Waals surface area (Å²) in [6.45, 7) is 0.476. The van der Waals surface area contributed by atoms with Crippen LogP contribution in [0.25, 0.3) is 0 Å². The second-order valence-electron chi connectivity index (χ2n) is 10.1. The molecular weight excluding hydrogens is 500 g/mol. The Bertz CT molecular complexity index is 1410. The van der Waals surface area contributed by atoms with Crippen LogP contribution in [0.5, 0.6) is 11.5 Å². The van der Waals surface area contributed by atoms with Crippen LogP contribution in [0.15, 0.2) is 103 Å². The lowest BCUT2D eigenvalue weighted by Crippen LogP contribution is -2.20. The van der Waals surface area contributed by atoms with Gasteiger partial charge in [-0.1, -0.05) is 78.9 Å². The number of fused-ring (bicyclic) bond motifs is 1. The van der Waals surface area contributed by atoms with Gasteiger partial charge in [-0.15, -0.1) is 0 Å². The topological polar surface area (TPSA) is 61.8 Å². The molecule has 0 saturated carbocycles. The van der Waals surface area contributed by atoms with E-state index < -0.39 is 5.97 Å². The molecule has 0 heterocycles. The summed E-state index contributed by atoms with van der Waals surface area (Å²) in [5.74, 6) is 1.52. The van der Waals surface area contributed by atoms with Gasteiger partial charge in [-0.05, 0) is 70.8 Å². The molecule has 5 rings (SSSR count). The third-order valence-electron chi connectivity index (χ3n) is 7.53. The Labute approximate surface area is 235 Å². The molecule has 40 heavy (non-hydrogen) atoms. The number of ether oxygens (including phenoxy) is 3. The van der Waals surface area contributed by atoms with Crippen molar-refractivity contribution in [3.63, 3.8) is 0 Å². The largest absolute Gasteiger partial charge is 0.489 e. The quantitative estimate of drug-likeness (QED) is 0.193. The number of hydrogen-bond acceptors (Lipinski definition) is 5. The maximum atomic E-state index is 12.1. The molecule has 0 N–H and O–H groups in total. The molecular formula is C35H34O5. The second kappa shape index (κ2) is 13.1. The van der Waals surface area contributed by atoms with Gasteiger partial charge in [0.25, 0.3) is 0 Å². The number of hydrogen-bond donors (Lipinski definition) is 0. The molecule has 204 valence electrons. The minimum atomic E-state index is -0.395. The number of methoxy groups -OCH3 is 1. The van der Waals surface area contributed by atoms with Crippen LogP contribution in [0.4, 0.5) is 0 Å². The maximum absolute atomic E-state index is 12.1. The van der Waals surface area contributed by atoms with Gasteiger partial charge < -0.3 is 14.2 Å². The Balaban J connectivity index is 1.34. The van der Waals surface area contributed by atoms with E-state index in [1.54, 1.807) is 0 Å². The standard InChI is InChI=1S/C35H34O5/c1-38-34(37)21-15-29(36)24-40-30-16-12-27(13-17-30)35-32(26-10-6-3-7-11-26)19-14-28-22-31(18-20-33(28)35)39-23-25-8-4-2-5-9-25/h2-13,16-18,20,22,32,35H,14-15,19,21,23-24H2,1H3/t32?,35-/m0/s1. The van der Waals surface area contributed by atoms with E-state index in [1.807, 2.05) is 30.3 Å². The fourth-order valence-corrected chi connectivity index (χ4v) is 5.45. The van der Waals surface area contributed by atoms with Crippen molar-refractivity contribution in [2.45, 2.75) is 44.1 Å². The highest BCUT2D eigenvalue weighted by atomic mass is 16.5. The van der Waals surface area contributed by atoms with E-state index >= 15 is 0 Å². The molecule has 1 unspecified atom stereocenters. The number of carbonyl (C=O) groups is 2. The Morgan fingerprint density at radius 2 is 1.45 bits per heavy atom. The van der Waals surface area contributed by atoms with Gasteiger partial charge >= 0.3 is 5.97 Å². The van der Waals surface area contributed by atoms with E-state index in [2.05, 4.69) is 77.5 Å². The van der Waals surface area contributed by atoms with Crippen molar-refractivity contribution in [2.75, 3.05) is 13.7 Å². The first kappa shape index (κ1) is 27.2. The van der Waals surface area contributed by atoms with E-state index in [9.17, 15) is 9.59 Å². The van der Waals surface area contributed by atoms with E-state index in [-0.39, 0.29) is 31.1 Å². The van der Waals surface area contributed by atoms with Crippen LogP contribution in [0, 0.1) is 0 Å². The molecule has 1 aliphatic carbocycles. The van der Waals surface area contributed by atoms with Crippen LogP contribution in [-0.4, -0.2) is 25.5 Å². The molecule has 0 spiro atoms. The van der Waals surface area contributed by atoms with Gasteiger partial charge in [0, 0.05) is 12.3 Å². The van der Waals surface area contributed by atoms with E-state index in [4.69, 9.17) is 9.47 Å². The first-order valence-electron chi connectivity index (χ1n) is 13.8. The lowest BCUT2D eigenvalue weighted by molar-refractivity contribution is -0.142. The molecule has 4 aromatic rings. The molecule has 0 saturated heterocycles. The smallest absolute Gasteiger partial charge is 0.305 e. The van der Waals surface area contributed by atoms with Gasteiger partial charge in [0.05, 0.1) is 13.5 Å². The van der Waals surface area contributed by atoms with Crippen molar-refractivity contribution in [3.8, 4) is 11.5 Å². The van der Waals surface area contributed by atoms with Gasteiger partial charge in [0.1, 0.15) is 24.7 Å². The molecule has 0 aromatic heterocycles. The number of esters is 1. The van der Waals surface area contributed by atoms with Crippen molar-refractivity contribution in [1.29, 1.82) is 0 Å². The summed E-state index contributed by atoms with van der Waals surface area (Å²) in [5.41, 5.74) is 6.32. The van der Waals surface area contributed by atoms with E-state index in [0.29, 0.717) is 18.3 Å². The minimum absolute atomic E-state index is 0.0681. The highest BCUT2D eigenvalue weighted by Gasteiger charge is 2.32. The summed E-state index contributed by atoms with van der Waals surface area (Å²) in [6, 6.07) is 35.5. The fourth-order valence-electron chi connectivity index (χ4n) is 5.45. The van der Waals surface area contributed by atoms with Crippen molar-refractivity contribution in [3.05, 3.63) is 131 Å². The van der Waals surface area contributed by atoms with Gasteiger partial charge in [-0.2, -0.15) is 0 Å². The number of Topliss-reactive ketones (excluding diaryl/α,β-unsaturated/α-hetero) is 1. The SMILES string of the molecule is COC(=O)CCC(=O)COc1ccc([C@@H]2c3ccc(OCc4ccccc4)cc3CCC2c2ccccc2)cc1. The van der Waals surface area contributed by atoms with Crippen molar-refractivity contribution >= 4 is 11.8 Å². The van der Waals surface area contributed by atoms with Crippen LogP contribution in [-0.2, 0) is 27.4 Å². The predicted octanol–water partition coefficient (Wildman–Crippen LogP) is 7.03. The van der Waals surface area contributed by atoms with Gasteiger partial charge in [0.15, 0.2) is 5.78 Å². The highest BCUT2D eigenvalue weighted by Crippen LogP contribution is 2.47. The van der Waals surface area contributed by atoms with Crippen molar-refractivity contribution in [2.24, 2.45) is 0 Å². The number of benzene rings is 4. The fraction of sp³-hybridized carbons (Fsp3) is 0.257. The van der Waals surface area contributed by atoms with Gasteiger partial charge in [-0.3, -0.25) is 9.59 Å². The summed E-state index contributed by atoms with van der Waals surface area (Å²) in [5, 5.41) is 0. The lowest BCUT2D eigenvalue weighted by atomic mass is 9.69. The number of aryl methyl sites for hydroxylation is 1. The molecule has 5 heteroatoms. The first-order valence-corrected chi connectivity index (χ1v) is 13.8. The van der Waals surface area contributed by atoms with Crippen LogP contribution in [0.3, 0.4) is 0 Å². The third-order valence-corrected chi connectivity index (χ3v) is 7.53.